The molecule has 3 fully saturated rings. The molecule has 3 aromatic carbocycles. The summed E-state index contributed by atoms with van der Waals surface area (Å²) in [5.74, 6) is -6.94. The molecule has 4 aliphatic heterocycles. The predicted octanol–water partition coefficient (Wildman–Crippen LogP) is 4.13. The van der Waals surface area contributed by atoms with Crippen LogP contribution in [0.4, 0.5) is 0 Å². The van der Waals surface area contributed by atoms with Crippen molar-refractivity contribution in [2.45, 2.75) is 147 Å². The molecular formula is C55H62N4O22. The van der Waals surface area contributed by atoms with E-state index in [1.54, 1.807) is 42.5 Å². The fraction of sp³-hybridized carbons (Fsp3) is 0.491. The number of amides is 2. The smallest absolute Gasteiger partial charge is 0.303 e. The third kappa shape index (κ3) is 15.6. The lowest BCUT2D eigenvalue weighted by molar-refractivity contribution is -0.364. The molecule has 0 aromatic heterocycles. The van der Waals surface area contributed by atoms with E-state index >= 15 is 0 Å². The first-order valence-corrected chi connectivity index (χ1v) is 25.6. The van der Waals surface area contributed by atoms with Crippen LogP contribution in [-0.2, 0) is 108 Å². The van der Waals surface area contributed by atoms with Crippen molar-refractivity contribution >= 4 is 47.6 Å². The normalized spacial score (nSPS) is 28.8. The van der Waals surface area contributed by atoms with Gasteiger partial charge >= 0.3 is 35.8 Å². The summed E-state index contributed by atoms with van der Waals surface area (Å²) in [6.07, 6.45) is -20.2. The van der Waals surface area contributed by atoms with Gasteiger partial charge in [-0.25, -0.2) is 0 Å². The molecule has 26 heteroatoms. The molecule has 0 bridgehead atoms. The van der Waals surface area contributed by atoms with Crippen LogP contribution in [0.2, 0.25) is 0 Å². The van der Waals surface area contributed by atoms with Gasteiger partial charge in [-0.1, -0.05) is 84.0 Å². The van der Waals surface area contributed by atoms with Crippen molar-refractivity contribution in [2.75, 3.05) is 26.4 Å². The van der Waals surface area contributed by atoms with E-state index in [1.165, 1.54) is 18.2 Å². The average molecular weight is 1130 g/mol. The Hall–Kier alpha value is -7.65. The number of carbonyl (C=O) groups excluding carboxylic acids is 8. The van der Waals surface area contributed by atoms with Crippen LogP contribution in [0.5, 0.6) is 0 Å². The second-order valence-corrected chi connectivity index (χ2v) is 18.8. The van der Waals surface area contributed by atoms with Crippen molar-refractivity contribution in [3.05, 3.63) is 130 Å². The van der Waals surface area contributed by atoms with Crippen LogP contribution in [0.1, 0.15) is 73.4 Å². The zero-order chi connectivity index (χ0) is 58.3. The first-order valence-electron chi connectivity index (χ1n) is 25.6. The van der Waals surface area contributed by atoms with Crippen molar-refractivity contribution in [3.63, 3.8) is 0 Å². The third-order valence-electron chi connectivity index (χ3n) is 12.9. The molecule has 3 aromatic rings. The zero-order valence-electron chi connectivity index (χ0n) is 45.0. The maximum absolute atomic E-state index is 14.6. The molecule has 7 rings (SSSR count). The Morgan fingerprint density at radius 1 is 0.543 bits per heavy atom. The van der Waals surface area contributed by atoms with Crippen LogP contribution in [0.3, 0.4) is 0 Å². The number of fused-ring (bicyclic) bond motifs is 1. The van der Waals surface area contributed by atoms with Crippen LogP contribution in [0.25, 0.3) is 10.4 Å². The van der Waals surface area contributed by atoms with E-state index in [1.807, 2.05) is 30.3 Å². The summed E-state index contributed by atoms with van der Waals surface area (Å²) < 4.78 is 85.8. The maximum atomic E-state index is 14.6. The maximum Gasteiger partial charge on any atom is 0.303 e. The van der Waals surface area contributed by atoms with Crippen LogP contribution >= 0.6 is 0 Å². The lowest BCUT2D eigenvalue weighted by Gasteiger charge is -2.51. The summed E-state index contributed by atoms with van der Waals surface area (Å²) >= 11 is 0. The highest BCUT2D eigenvalue weighted by atomic mass is 16.8. The molecule has 0 aliphatic carbocycles. The number of azide groups is 1. The van der Waals surface area contributed by atoms with Gasteiger partial charge < -0.3 is 66.3 Å². The van der Waals surface area contributed by atoms with Crippen molar-refractivity contribution < 1.29 is 105 Å². The Morgan fingerprint density at radius 2 is 1.00 bits per heavy atom. The molecule has 2 amide bonds. The quantitative estimate of drug-likeness (QED) is 0.0231. The summed E-state index contributed by atoms with van der Waals surface area (Å²) in [4.78, 5) is 109. The lowest BCUT2D eigenvalue weighted by Crippen LogP contribution is -2.69. The van der Waals surface area contributed by atoms with Gasteiger partial charge in [0, 0.05) is 46.5 Å². The van der Waals surface area contributed by atoms with E-state index in [9.17, 15) is 43.9 Å². The second kappa shape index (κ2) is 28.7. The number of carbonyl (C=O) groups is 8. The van der Waals surface area contributed by atoms with Gasteiger partial charge in [-0.15, -0.1) is 6.58 Å². The van der Waals surface area contributed by atoms with Crippen molar-refractivity contribution in [2.24, 2.45) is 5.11 Å². The highest BCUT2D eigenvalue weighted by Gasteiger charge is 2.60. The van der Waals surface area contributed by atoms with E-state index in [2.05, 4.69) is 16.6 Å². The number of rotatable bonds is 24. The van der Waals surface area contributed by atoms with Gasteiger partial charge in [0.2, 0.25) is 0 Å². The number of ether oxygens (including phenoxy) is 14. The summed E-state index contributed by atoms with van der Waals surface area (Å²) in [6, 6.07) is 20.9. The number of hydrogen-bond acceptors (Lipinski definition) is 23. The van der Waals surface area contributed by atoms with E-state index in [0.717, 1.165) is 52.0 Å². The Balaban J connectivity index is 1.36. The Kier molecular flexibility index (Phi) is 21.6. The highest BCUT2D eigenvalue weighted by molar-refractivity contribution is 6.21. The minimum atomic E-state index is -1.96. The molecule has 3 saturated heterocycles. The van der Waals surface area contributed by atoms with Gasteiger partial charge in [0.05, 0.1) is 37.6 Å². The third-order valence-corrected chi connectivity index (χ3v) is 12.9. The molecule has 0 N–H and O–H groups in total. The van der Waals surface area contributed by atoms with Crippen LogP contribution in [0, 0.1) is 0 Å². The van der Waals surface area contributed by atoms with Crippen LogP contribution in [0.15, 0.2) is 103 Å². The van der Waals surface area contributed by atoms with Gasteiger partial charge in [-0.05, 0) is 28.8 Å². The molecule has 4 aliphatic rings. The molecule has 6 unspecified atom stereocenters. The molecule has 0 spiro atoms. The van der Waals surface area contributed by atoms with Gasteiger partial charge in [-0.3, -0.25) is 43.3 Å². The monoisotopic (exact) mass is 1130 g/mol. The molecule has 434 valence electrons. The Bertz CT molecular complexity index is 2750. The van der Waals surface area contributed by atoms with E-state index in [-0.39, 0.29) is 37.6 Å². The van der Waals surface area contributed by atoms with Crippen molar-refractivity contribution in [3.8, 4) is 0 Å². The van der Waals surface area contributed by atoms with E-state index in [4.69, 9.17) is 66.3 Å². The predicted molar refractivity (Wildman–Crippen MR) is 272 cm³/mol. The van der Waals surface area contributed by atoms with Gasteiger partial charge in [0.15, 0.2) is 37.2 Å². The molecule has 15 atom stereocenters. The zero-order valence-corrected chi connectivity index (χ0v) is 45.0. The number of imide groups is 1. The Labute approximate surface area is 464 Å². The summed E-state index contributed by atoms with van der Waals surface area (Å²) in [5.41, 5.74) is 11.9. The number of hydrogen-bond donors (Lipinski definition) is 0. The summed E-state index contributed by atoms with van der Waals surface area (Å²) in [7, 11) is 0. The number of esters is 6. The molecule has 0 radical (unpaired) electrons. The lowest BCUT2D eigenvalue weighted by atomic mass is 9.93. The highest BCUT2D eigenvalue weighted by Crippen LogP contribution is 2.40. The second-order valence-electron chi connectivity index (χ2n) is 18.8. The fourth-order valence-corrected chi connectivity index (χ4v) is 9.68. The van der Waals surface area contributed by atoms with Crippen molar-refractivity contribution in [1.29, 1.82) is 0 Å². The minimum Gasteiger partial charge on any atom is -0.463 e. The minimum absolute atomic E-state index is 0.0432. The molecular weight excluding hydrogens is 1070 g/mol. The van der Waals surface area contributed by atoms with Crippen molar-refractivity contribution in [1.82, 2.24) is 4.90 Å². The molecule has 81 heavy (non-hydrogen) atoms. The van der Waals surface area contributed by atoms with E-state index < -0.39 is 153 Å². The van der Waals surface area contributed by atoms with Crippen LogP contribution in [-0.4, -0.2) is 171 Å². The standard InChI is InChI=1S/C55H62N4O22/c1-8-23-69-54-43(59-51(66)37-21-15-16-22-38(37)52(59)67)48(72-25-36-19-13-10-14-20-36)45(39(78-54)26-68-24-35-17-11-9-12-18-35)80-53-42(57-58-56)47(74-32(5)63)44(40(77-53)27-70-29(2)60)81-55-50(76-34(7)65)49(75-33(6)64)46(73-31(4)62)41(79-55)28-71-30(3)61/h8-22,39-50,53-55H,1,23-28H2,2-7H3/t39?,40?,41?,42?,43?,44-,45-,46+,47-,48-,49+,50?,53+,54-,55+/m1/s1. The van der Waals surface area contributed by atoms with Gasteiger partial charge in [-0.2, -0.15) is 0 Å². The molecule has 0 saturated carbocycles. The topological polar surface area (TPSA) is 318 Å². The van der Waals surface area contributed by atoms with Gasteiger partial charge in [0.1, 0.15) is 68.0 Å². The fourth-order valence-electron chi connectivity index (χ4n) is 9.68. The number of nitrogens with zero attached hydrogens (tertiary/aromatic N) is 4. The van der Waals surface area contributed by atoms with Gasteiger partial charge in [0.25, 0.3) is 11.8 Å². The summed E-state index contributed by atoms with van der Waals surface area (Å²) in [5, 5.41) is 4.00. The first kappa shape index (κ1) is 61.0. The molecule has 26 nitrogen and oxygen atoms in total. The summed E-state index contributed by atoms with van der Waals surface area (Å²) in [6.45, 7) is 8.04. The first-order chi connectivity index (χ1) is 38.9. The Morgan fingerprint density at radius 3 is 1.54 bits per heavy atom. The average Bonchev–Trinajstić information content (AvgIpc) is 3.81. The largest absolute Gasteiger partial charge is 0.463 e. The molecule has 4 heterocycles. The number of benzene rings is 3. The van der Waals surface area contributed by atoms with Crippen LogP contribution < -0.4 is 0 Å². The van der Waals surface area contributed by atoms with E-state index in [0.29, 0.717) is 5.56 Å². The SMILES string of the molecule is C=CCO[C@@H]1OC(COCc2ccccc2)[C@@H](O[C@@H]2OC(COC(C)=O)[C@@H](O[C@@H]3OC(COC(C)=O)[C@H](OC(C)=O)[C@H](OC(C)=O)C3OC(C)=O)[C@H](OC(C)=O)C2N=[N+]=[N-])[C@H](OCc2ccccc2)C1N1C(=O)c2ccccc2C1=O.